The van der Waals surface area contributed by atoms with Gasteiger partial charge in [0, 0.05) is 5.69 Å². The Kier molecular flexibility index (Phi) is 3.88. The molecule has 1 saturated heterocycles. The van der Waals surface area contributed by atoms with Gasteiger partial charge < -0.3 is 5.32 Å². The van der Waals surface area contributed by atoms with Gasteiger partial charge in [0.1, 0.15) is 12.1 Å². The normalized spacial score (nSPS) is 23.4. The van der Waals surface area contributed by atoms with Crippen molar-refractivity contribution < 1.29 is 9.59 Å². The van der Waals surface area contributed by atoms with E-state index in [1.54, 1.807) is 11.8 Å². The zero-order valence-corrected chi connectivity index (χ0v) is 11.6. The number of aryl methyl sites for hydroxylation is 1. The average Bonchev–Trinajstić information content (AvgIpc) is 2.42. The van der Waals surface area contributed by atoms with Crippen molar-refractivity contribution in [2.45, 2.75) is 45.7 Å². The lowest BCUT2D eigenvalue weighted by molar-refractivity contribution is -0.133. The predicted octanol–water partition coefficient (Wildman–Crippen LogP) is 1.88. The third kappa shape index (κ3) is 2.48. The molecule has 102 valence electrons. The molecule has 2 unspecified atom stereocenters. The van der Waals surface area contributed by atoms with Crippen LogP contribution in [0, 0.1) is 0 Å². The van der Waals surface area contributed by atoms with Gasteiger partial charge in [-0.1, -0.05) is 26.0 Å². The second kappa shape index (κ2) is 5.43. The highest BCUT2D eigenvalue weighted by molar-refractivity contribution is 6.08. The van der Waals surface area contributed by atoms with E-state index in [9.17, 15) is 9.59 Å². The lowest BCUT2D eigenvalue weighted by atomic mass is 10.0. The molecule has 1 aliphatic heterocycles. The number of rotatable bonds is 3. The molecule has 0 aromatic heterocycles. The topological polar surface area (TPSA) is 49.4 Å². The molecule has 1 N–H and O–H groups in total. The van der Waals surface area contributed by atoms with E-state index in [4.69, 9.17) is 0 Å². The summed E-state index contributed by atoms with van der Waals surface area (Å²) in [5.74, 6) is -0.120. The first kappa shape index (κ1) is 13.6. The van der Waals surface area contributed by atoms with Crippen molar-refractivity contribution >= 4 is 17.5 Å². The number of carbonyl (C=O) groups is 2. The van der Waals surface area contributed by atoms with Gasteiger partial charge >= 0.3 is 0 Å². The van der Waals surface area contributed by atoms with Crippen molar-refractivity contribution in [2.75, 3.05) is 4.90 Å². The Morgan fingerprint density at radius 1 is 1.16 bits per heavy atom. The molecule has 1 fully saturated rings. The number of anilines is 1. The molecule has 0 saturated carbocycles. The predicted molar refractivity (Wildman–Crippen MR) is 75.0 cm³/mol. The maximum Gasteiger partial charge on any atom is 0.250 e. The lowest BCUT2D eigenvalue weighted by Gasteiger charge is -2.37. The van der Waals surface area contributed by atoms with Crippen molar-refractivity contribution in [3.8, 4) is 0 Å². The molecule has 0 radical (unpaired) electrons. The van der Waals surface area contributed by atoms with Crippen LogP contribution < -0.4 is 10.2 Å². The minimum atomic E-state index is -0.457. The van der Waals surface area contributed by atoms with Crippen molar-refractivity contribution in [1.29, 1.82) is 0 Å². The molecular weight excluding hydrogens is 240 g/mol. The minimum Gasteiger partial charge on any atom is -0.343 e. The molecule has 1 aliphatic rings. The van der Waals surface area contributed by atoms with Crippen LogP contribution in [0.2, 0.25) is 0 Å². The molecule has 2 amide bonds. The highest BCUT2D eigenvalue weighted by Gasteiger charge is 2.38. The van der Waals surface area contributed by atoms with Gasteiger partial charge in [0.05, 0.1) is 0 Å². The summed E-state index contributed by atoms with van der Waals surface area (Å²) in [6.07, 6.45) is 1.57. The third-order valence-corrected chi connectivity index (χ3v) is 3.59. The molecule has 1 aromatic carbocycles. The summed E-state index contributed by atoms with van der Waals surface area (Å²) >= 11 is 0. The van der Waals surface area contributed by atoms with Gasteiger partial charge in [0.25, 0.3) is 0 Å². The maximum atomic E-state index is 12.3. The highest BCUT2D eigenvalue weighted by atomic mass is 16.2. The van der Waals surface area contributed by atoms with Gasteiger partial charge in [0.15, 0.2) is 0 Å². The van der Waals surface area contributed by atoms with Crippen LogP contribution in [0.25, 0.3) is 0 Å². The van der Waals surface area contributed by atoms with E-state index in [2.05, 4.69) is 12.2 Å². The quantitative estimate of drug-likeness (QED) is 0.902. The number of benzene rings is 1. The van der Waals surface area contributed by atoms with E-state index in [0.29, 0.717) is 6.42 Å². The fourth-order valence-corrected chi connectivity index (χ4v) is 2.42. The Bertz CT molecular complexity index is 481. The fourth-order valence-electron chi connectivity index (χ4n) is 2.42. The van der Waals surface area contributed by atoms with Gasteiger partial charge in [-0.05, 0) is 37.5 Å². The molecule has 2 atom stereocenters. The summed E-state index contributed by atoms with van der Waals surface area (Å²) in [6.45, 7) is 5.73. The van der Waals surface area contributed by atoms with E-state index in [-0.39, 0.29) is 11.8 Å². The van der Waals surface area contributed by atoms with Crippen LogP contribution in [0.5, 0.6) is 0 Å². The number of hydrogen-bond donors (Lipinski definition) is 1. The maximum absolute atomic E-state index is 12.3. The Labute approximate surface area is 113 Å². The monoisotopic (exact) mass is 260 g/mol. The minimum absolute atomic E-state index is 0.0456. The summed E-state index contributed by atoms with van der Waals surface area (Å²) < 4.78 is 0. The highest BCUT2D eigenvalue weighted by Crippen LogP contribution is 2.23. The first-order valence-electron chi connectivity index (χ1n) is 6.80. The summed E-state index contributed by atoms with van der Waals surface area (Å²) in [7, 11) is 0. The number of piperazine rings is 1. The Hall–Kier alpha value is -1.84. The number of nitrogens with one attached hydrogen (secondary N) is 1. The van der Waals surface area contributed by atoms with E-state index < -0.39 is 12.1 Å². The second-order valence-electron chi connectivity index (χ2n) is 4.88. The molecular formula is C15H20N2O2. The summed E-state index contributed by atoms with van der Waals surface area (Å²) in [5, 5.41) is 2.72. The van der Waals surface area contributed by atoms with Gasteiger partial charge in [-0.3, -0.25) is 14.5 Å². The van der Waals surface area contributed by atoms with Gasteiger partial charge in [-0.25, -0.2) is 0 Å². The number of hydrogen-bond acceptors (Lipinski definition) is 2. The first-order valence-corrected chi connectivity index (χ1v) is 6.80. The number of amides is 2. The molecule has 2 rings (SSSR count). The SMILES string of the molecule is CCc1ccc(N2C(=O)C(C)NC(=O)C2CC)cc1. The molecule has 1 heterocycles. The van der Waals surface area contributed by atoms with E-state index in [1.807, 2.05) is 31.2 Å². The van der Waals surface area contributed by atoms with E-state index >= 15 is 0 Å². The summed E-state index contributed by atoms with van der Waals surface area (Å²) in [6, 6.07) is 6.99. The molecule has 19 heavy (non-hydrogen) atoms. The number of nitrogens with zero attached hydrogens (tertiary/aromatic N) is 1. The van der Waals surface area contributed by atoms with Crippen LogP contribution in [0.3, 0.4) is 0 Å². The third-order valence-electron chi connectivity index (χ3n) is 3.59. The first-order chi connectivity index (χ1) is 9.08. The number of carbonyl (C=O) groups excluding carboxylic acids is 2. The largest absolute Gasteiger partial charge is 0.343 e. The van der Waals surface area contributed by atoms with E-state index in [1.165, 1.54) is 5.56 Å². The van der Waals surface area contributed by atoms with Crippen molar-refractivity contribution in [3.05, 3.63) is 29.8 Å². The fraction of sp³-hybridized carbons (Fsp3) is 0.467. The molecule has 4 heteroatoms. The van der Waals surface area contributed by atoms with E-state index in [0.717, 1.165) is 12.1 Å². The standard InChI is InChI=1S/C15H20N2O2/c1-4-11-6-8-12(9-7-11)17-13(5-2)14(18)16-10(3)15(17)19/h6-10,13H,4-5H2,1-3H3,(H,16,18). The van der Waals surface area contributed by atoms with Crippen LogP contribution >= 0.6 is 0 Å². The van der Waals surface area contributed by atoms with Crippen molar-refractivity contribution in [1.82, 2.24) is 5.32 Å². The zero-order chi connectivity index (χ0) is 14.0. The van der Waals surface area contributed by atoms with Crippen LogP contribution in [0.15, 0.2) is 24.3 Å². The molecule has 0 spiro atoms. The van der Waals surface area contributed by atoms with Crippen LogP contribution in [-0.2, 0) is 16.0 Å². The molecule has 0 bridgehead atoms. The second-order valence-corrected chi connectivity index (χ2v) is 4.88. The zero-order valence-electron chi connectivity index (χ0n) is 11.6. The Balaban J connectivity index is 2.36. The van der Waals surface area contributed by atoms with Crippen LogP contribution in [-0.4, -0.2) is 23.9 Å². The molecule has 4 nitrogen and oxygen atoms in total. The summed E-state index contributed by atoms with van der Waals surface area (Å²) in [5.41, 5.74) is 2.02. The molecule has 0 aliphatic carbocycles. The Morgan fingerprint density at radius 2 is 1.79 bits per heavy atom. The Morgan fingerprint density at radius 3 is 2.32 bits per heavy atom. The summed E-state index contributed by atoms with van der Waals surface area (Å²) in [4.78, 5) is 25.9. The van der Waals surface area contributed by atoms with Crippen molar-refractivity contribution in [2.24, 2.45) is 0 Å². The van der Waals surface area contributed by atoms with Gasteiger partial charge in [0.2, 0.25) is 11.8 Å². The smallest absolute Gasteiger partial charge is 0.250 e. The van der Waals surface area contributed by atoms with Gasteiger partial charge in [-0.2, -0.15) is 0 Å². The van der Waals surface area contributed by atoms with Crippen LogP contribution in [0.1, 0.15) is 32.8 Å². The lowest BCUT2D eigenvalue weighted by Crippen LogP contribution is -2.62. The average molecular weight is 260 g/mol. The van der Waals surface area contributed by atoms with Gasteiger partial charge in [-0.15, -0.1) is 0 Å². The van der Waals surface area contributed by atoms with Crippen molar-refractivity contribution in [3.63, 3.8) is 0 Å². The molecule has 1 aromatic rings. The van der Waals surface area contributed by atoms with Crippen LogP contribution in [0.4, 0.5) is 5.69 Å².